The normalized spacial score (nSPS) is 11.3. The number of aliphatic carboxylic acids is 3. The number of carbonyl (C=O) groups is 3. The standard InChI is InChI=1S/C14H22O6/c15-12(16)9-4-2-1-3-7-11(14(19)20)8-5-6-10-13(17)18/h8H,1-7,9-10H2,(H,15,16)(H,17,18)(H,19,20)/b11-8-. The Morgan fingerprint density at radius 3 is 1.70 bits per heavy atom. The Balaban J connectivity index is 3.85. The van der Waals surface area contributed by atoms with Crippen molar-refractivity contribution in [3.63, 3.8) is 0 Å². The Bertz CT molecular complexity index is 359. The van der Waals surface area contributed by atoms with E-state index in [9.17, 15) is 14.4 Å². The molecule has 0 aromatic heterocycles. The third-order valence-electron chi connectivity index (χ3n) is 2.85. The van der Waals surface area contributed by atoms with Crippen LogP contribution in [0.25, 0.3) is 0 Å². The number of hydrogen-bond acceptors (Lipinski definition) is 3. The van der Waals surface area contributed by atoms with E-state index in [-0.39, 0.29) is 12.8 Å². The molecule has 0 heterocycles. The van der Waals surface area contributed by atoms with Crippen molar-refractivity contribution in [2.75, 3.05) is 0 Å². The number of allylic oxidation sites excluding steroid dienone is 1. The van der Waals surface area contributed by atoms with E-state index in [2.05, 4.69) is 0 Å². The quantitative estimate of drug-likeness (QED) is 0.375. The van der Waals surface area contributed by atoms with Gasteiger partial charge in [0.25, 0.3) is 0 Å². The summed E-state index contributed by atoms with van der Waals surface area (Å²) >= 11 is 0. The Kier molecular flexibility index (Phi) is 10.00. The van der Waals surface area contributed by atoms with Crippen LogP contribution in [0.2, 0.25) is 0 Å². The van der Waals surface area contributed by atoms with Gasteiger partial charge in [0.2, 0.25) is 0 Å². The number of hydrogen-bond donors (Lipinski definition) is 3. The molecule has 0 aliphatic rings. The number of unbranched alkanes of at least 4 members (excludes halogenated alkanes) is 4. The molecule has 0 bridgehead atoms. The topological polar surface area (TPSA) is 112 Å². The summed E-state index contributed by atoms with van der Waals surface area (Å²) in [6.45, 7) is 0. The summed E-state index contributed by atoms with van der Waals surface area (Å²) in [5.74, 6) is -2.66. The molecule has 6 nitrogen and oxygen atoms in total. The Morgan fingerprint density at radius 1 is 0.700 bits per heavy atom. The van der Waals surface area contributed by atoms with Crippen molar-refractivity contribution in [1.29, 1.82) is 0 Å². The lowest BCUT2D eigenvalue weighted by Gasteiger charge is -2.03. The highest BCUT2D eigenvalue weighted by atomic mass is 16.4. The Morgan fingerprint density at radius 2 is 1.20 bits per heavy atom. The highest BCUT2D eigenvalue weighted by Crippen LogP contribution is 2.13. The summed E-state index contributed by atoms with van der Waals surface area (Å²) in [7, 11) is 0. The molecule has 0 aromatic rings. The average molecular weight is 286 g/mol. The van der Waals surface area contributed by atoms with Gasteiger partial charge in [-0.15, -0.1) is 0 Å². The fourth-order valence-corrected chi connectivity index (χ4v) is 1.77. The molecule has 0 fully saturated rings. The highest BCUT2D eigenvalue weighted by Gasteiger charge is 2.07. The predicted molar refractivity (Wildman–Crippen MR) is 72.5 cm³/mol. The van der Waals surface area contributed by atoms with Crippen LogP contribution in [0.3, 0.4) is 0 Å². The summed E-state index contributed by atoms with van der Waals surface area (Å²) in [5.41, 5.74) is 0.314. The summed E-state index contributed by atoms with van der Waals surface area (Å²) < 4.78 is 0. The van der Waals surface area contributed by atoms with Gasteiger partial charge < -0.3 is 15.3 Å². The van der Waals surface area contributed by atoms with Crippen molar-refractivity contribution < 1.29 is 29.7 Å². The second kappa shape index (κ2) is 11.0. The molecule has 0 rings (SSSR count). The third kappa shape index (κ3) is 11.3. The van der Waals surface area contributed by atoms with Gasteiger partial charge in [-0.1, -0.05) is 18.9 Å². The Hall–Kier alpha value is -1.85. The molecule has 0 saturated carbocycles. The van der Waals surface area contributed by atoms with E-state index >= 15 is 0 Å². The molecular formula is C14H22O6. The molecule has 0 aliphatic carbocycles. The predicted octanol–water partition coefficient (Wildman–Crippen LogP) is 2.68. The van der Waals surface area contributed by atoms with Crippen LogP contribution in [0.15, 0.2) is 11.6 Å². The number of carboxylic acids is 3. The number of rotatable bonds is 12. The molecule has 0 atom stereocenters. The molecule has 3 N–H and O–H groups in total. The van der Waals surface area contributed by atoms with E-state index in [1.807, 2.05) is 0 Å². The van der Waals surface area contributed by atoms with E-state index in [0.717, 1.165) is 12.8 Å². The molecule has 114 valence electrons. The van der Waals surface area contributed by atoms with Crippen LogP contribution in [-0.2, 0) is 14.4 Å². The molecule has 20 heavy (non-hydrogen) atoms. The summed E-state index contributed by atoms with van der Waals surface area (Å²) in [6.07, 6.45) is 5.99. The maximum absolute atomic E-state index is 11.0. The molecule has 0 amide bonds. The molecule has 0 radical (unpaired) electrons. The minimum atomic E-state index is -0.967. The summed E-state index contributed by atoms with van der Waals surface area (Å²) in [5, 5.41) is 25.9. The van der Waals surface area contributed by atoms with Crippen LogP contribution < -0.4 is 0 Å². The van der Waals surface area contributed by atoms with Crippen molar-refractivity contribution in [3.8, 4) is 0 Å². The van der Waals surface area contributed by atoms with Gasteiger partial charge in [-0.2, -0.15) is 0 Å². The minimum Gasteiger partial charge on any atom is -0.481 e. The Labute approximate surface area is 118 Å². The lowest BCUT2D eigenvalue weighted by molar-refractivity contribution is -0.138. The van der Waals surface area contributed by atoms with Gasteiger partial charge in [-0.05, 0) is 32.1 Å². The van der Waals surface area contributed by atoms with Crippen LogP contribution in [-0.4, -0.2) is 33.2 Å². The SMILES string of the molecule is O=C(O)CCC/C=C(/CCCCCCC(=O)O)C(=O)O. The first-order valence-corrected chi connectivity index (χ1v) is 6.79. The zero-order valence-corrected chi connectivity index (χ0v) is 11.5. The fourth-order valence-electron chi connectivity index (χ4n) is 1.77. The lowest BCUT2D eigenvalue weighted by atomic mass is 10.0. The van der Waals surface area contributed by atoms with Gasteiger partial charge in [0.1, 0.15) is 0 Å². The van der Waals surface area contributed by atoms with Crippen molar-refractivity contribution in [2.45, 2.75) is 57.8 Å². The average Bonchev–Trinajstić information content (AvgIpc) is 2.34. The number of carboxylic acid groups (broad SMARTS) is 3. The third-order valence-corrected chi connectivity index (χ3v) is 2.85. The van der Waals surface area contributed by atoms with E-state index in [1.54, 1.807) is 6.08 Å². The molecule has 0 unspecified atom stereocenters. The molecule has 0 aliphatic heterocycles. The fraction of sp³-hybridized carbons (Fsp3) is 0.643. The van der Waals surface area contributed by atoms with Gasteiger partial charge in [0, 0.05) is 18.4 Å². The molecule has 6 heteroatoms. The zero-order chi connectivity index (χ0) is 15.4. The van der Waals surface area contributed by atoms with Crippen LogP contribution in [0.5, 0.6) is 0 Å². The maximum Gasteiger partial charge on any atom is 0.331 e. The largest absolute Gasteiger partial charge is 0.481 e. The van der Waals surface area contributed by atoms with Crippen LogP contribution in [0, 0.1) is 0 Å². The van der Waals surface area contributed by atoms with Gasteiger partial charge in [0.15, 0.2) is 0 Å². The van der Waals surface area contributed by atoms with Gasteiger partial charge in [-0.25, -0.2) is 4.79 Å². The zero-order valence-electron chi connectivity index (χ0n) is 11.5. The second-order valence-electron chi connectivity index (χ2n) is 4.63. The van der Waals surface area contributed by atoms with Gasteiger partial charge in [0.05, 0.1) is 0 Å². The maximum atomic E-state index is 11.0. The van der Waals surface area contributed by atoms with Crippen molar-refractivity contribution in [2.24, 2.45) is 0 Å². The van der Waals surface area contributed by atoms with E-state index < -0.39 is 17.9 Å². The summed E-state index contributed by atoms with van der Waals surface area (Å²) in [4.78, 5) is 31.6. The van der Waals surface area contributed by atoms with E-state index in [1.165, 1.54) is 0 Å². The lowest BCUT2D eigenvalue weighted by Crippen LogP contribution is -2.01. The highest BCUT2D eigenvalue weighted by molar-refractivity contribution is 5.86. The first-order chi connectivity index (χ1) is 9.43. The molecule has 0 saturated heterocycles. The molecular weight excluding hydrogens is 264 g/mol. The molecule has 0 spiro atoms. The smallest absolute Gasteiger partial charge is 0.331 e. The van der Waals surface area contributed by atoms with Gasteiger partial charge in [-0.3, -0.25) is 9.59 Å². The van der Waals surface area contributed by atoms with Crippen LogP contribution in [0.1, 0.15) is 57.8 Å². The monoisotopic (exact) mass is 286 g/mol. The summed E-state index contributed by atoms with van der Waals surface area (Å²) in [6, 6.07) is 0. The first kappa shape index (κ1) is 18.1. The van der Waals surface area contributed by atoms with Crippen LogP contribution >= 0.6 is 0 Å². The first-order valence-electron chi connectivity index (χ1n) is 6.79. The van der Waals surface area contributed by atoms with E-state index in [4.69, 9.17) is 15.3 Å². The van der Waals surface area contributed by atoms with Crippen molar-refractivity contribution >= 4 is 17.9 Å². The minimum absolute atomic E-state index is 0.0403. The van der Waals surface area contributed by atoms with Crippen LogP contribution in [0.4, 0.5) is 0 Å². The van der Waals surface area contributed by atoms with Crippen molar-refractivity contribution in [1.82, 2.24) is 0 Å². The molecule has 0 aromatic carbocycles. The second-order valence-corrected chi connectivity index (χ2v) is 4.63. The van der Waals surface area contributed by atoms with Gasteiger partial charge >= 0.3 is 17.9 Å². The van der Waals surface area contributed by atoms with Crippen molar-refractivity contribution in [3.05, 3.63) is 11.6 Å². The van der Waals surface area contributed by atoms with E-state index in [0.29, 0.717) is 37.7 Å².